The molecule has 1 rings (SSSR count). The van der Waals surface area contributed by atoms with Crippen LogP contribution in [0.2, 0.25) is 0 Å². The minimum absolute atomic E-state index is 0.0660. The van der Waals surface area contributed by atoms with Crippen LogP contribution in [0.4, 0.5) is 5.69 Å². The Morgan fingerprint density at radius 1 is 1.24 bits per heavy atom. The predicted molar refractivity (Wildman–Crippen MR) is 68.2 cm³/mol. The molecule has 0 atom stereocenters. The number of alkyl halides is 1. The van der Waals surface area contributed by atoms with Crippen LogP contribution in [-0.2, 0) is 9.84 Å². The molecule has 0 aliphatic rings. The molecule has 0 N–H and O–H groups in total. The predicted octanol–water partition coefficient (Wildman–Crippen LogP) is 2.54. The molecule has 1 aromatic carbocycles. The van der Waals surface area contributed by atoms with Crippen molar-refractivity contribution in [3.63, 3.8) is 0 Å². The Hall–Kier alpha value is -0.950. The number of hydrogen-bond acceptors (Lipinski definition) is 4. The molecule has 0 saturated heterocycles. The molecule has 0 fully saturated rings. The molecule has 1 aromatic rings. The molecule has 0 bridgehead atoms. The van der Waals surface area contributed by atoms with Crippen molar-refractivity contribution in [2.75, 3.05) is 11.1 Å². The number of nitro groups is 1. The van der Waals surface area contributed by atoms with Gasteiger partial charge in [0.15, 0.2) is 9.84 Å². The Labute approximate surface area is 108 Å². The molecule has 0 heterocycles. The van der Waals surface area contributed by atoms with Crippen LogP contribution in [0.1, 0.15) is 12.8 Å². The molecule has 0 radical (unpaired) electrons. The standard InChI is InChI=1S/C10H12BrNO4S/c11-7-3-4-8-17(15,16)10-6-2-1-5-9(10)12(13)14/h1-2,5-6H,3-4,7-8H2. The second-order valence-electron chi connectivity index (χ2n) is 3.44. The van der Waals surface area contributed by atoms with Crippen molar-refractivity contribution in [1.82, 2.24) is 0 Å². The number of benzene rings is 1. The molecule has 0 aliphatic heterocycles. The van der Waals surface area contributed by atoms with Crippen molar-refractivity contribution >= 4 is 31.5 Å². The van der Waals surface area contributed by atoms with Gasteiger partial charge in [0.05, 0.1) is 10.7 Å². The lowest BCUT2D eigenvalue weighted by Gasteiger charge is -2.04. The SMILES string of the molecule is O=[N+]([O-])c1ccccc1S(=O)(=O)CCCCBr. The number of unbranched alkanes of at least 4 members (excludes halogenated alkanes) is 1. The number of halogens is 1. The fourth-order valence-corrected chi connectivity index (χ4v) is 3.32. The maximum absolute atomic E-state index is 11.9. The van der Waals surface area contributed by atoms with Gasteiger partial charge in [-0.3, -0.25) is 10.1 Å². The second kappa shape index (κ2) is 6.11. The average Bonchev–Trinajstić information content (AvgIpc) is 2.29. The highest BCUT2D eigenvalue weighted by molar-refractivity contribution is 9.09. The van der Waals surface area contributed by atoms with Crippen molar-refractivity contribution in [2.45, 2.75) is 17.7 Å². The van der Waals surface area contributed by atoms with E-state index >= 15 is 0 Å². The zero-order valence-corrected chi connectivity index (χ0v) is 11.4. The molecule has 0 saturated carbocycles. The summed E-state index contributed by atoms with van der Waals surface area (Å²) >= 11 is 3.21. The summed E-state index contributed by atoms with van der Waals surface area (Å²) in [4.78, 5) is 9.87. The van der Waals surface area contributed by atoms with Crippen molar-refractivity contribution in [3.8, 4) is 0 Å². The first kappa shape index (κ1) is 14.1. The van der Waals surface area contributed by atoms with Crippen molar-refractivity contribution < 1.29 is 13.3 Å². The van der Waals surface area contributed by atoms with E-state index < -0.39 is 14.8 Å². The average molecular weight is 322 g/mol. The van der Waals surface area contributed by atoms with Gasteiger partial charge in [-0.1, -0.05) is 28.1 Å². The minimum atomic E-state index is -3.57. The van der Waals surface area contributed by atoms with Crippen LogP contribution < -0.4 is 0 Å². The van der Waals surface area contributed by atoms with E-state index in [0.29, 0.717) is 6.42 Å². The fraction of sp³-hybridized carbons (Fsp3) is 0.400. The summed E-state index contributed by atoms with van der Waals surface area (Å²) in [6.07, 6.45) is 1.21. The van der Waals surface area contributed by atoms with Gasteiger partial charge < -0.3 is 0 Å². The molecule has 0 aromatic heterocycles. The number of nitrogens with zero attached hydrogens (tertiary/aromatic N) is 1. The molecule has 0 amide bonds. The number of rotatable bonds is 6. The molecule has 94 valence electrons. The zero-order valence-electron chi connectivity index (χ0n) is 9.00. The third-order valence-corrected chi connectivity index (χ3v) is 4.60. The highest BCUT2D eigenvalue weighted by Gasteiger charge is 2.24. The molecule has 0 unspecified atom stereocenters. The van der Waals surface area contributed by atoms with Crippen LogP contribution >= 0.6 is 15.9 Å². The van der Waals surface area contributed by atoms with Crippen molar-refractivity contribution in [3.05, 3.63) is 34.4 Å². The van der Waals surface area contributed by atoms with E-state index in [2.05, 4.69) is 15.9 Å². The van der Waals surface area contributed by atoms with E-state index in [-0.39, 0.29) is 16.3 Å². The summed E-state index contributed by atoms with van der Waals surface area (Å²) in [6, 6.07) is 5.43. The molecule has 7 heteroatoms. The molecule has 17 heavy (non-hydrogen) atoms. The highest BCUT2D eigenvalue weighted by Crippen LogP contribution is 2.24. The third-order valence-electron chi connectivity index (χ3n) is 2.19. The molecule has 5 nitrogen and oxygen atoms in total. The van der Waals surface area contributed by atoms with E-state index in [1.807, 2.05) is 0 Å². The van der Waals surface area contributed by atoms with Gasteiger partial charge in [0, 0.05) is 11.4 Å². The van der Waals surface area contributed by atoms with Gasteiger partial charge in [-0.25, -0.2) is 8.42 Å². The second-order valence-corrected chi connectivity index (χ2v) is 6.31. The Bertz CT molecular complexity index is 501. The normalized spacial score (nSPS) is 11.4. The van der Waals surface area contributed by atoms with E-state index in [4.69, 9.17) is 0 Å². The van der Waals surface area contributed by atoms with Gasteiger partial charge in [0.1, 0.15) is 4.90 Å². The van der Waals surface area contributed by atoms with Crippen LogP contribution in [-0.4, -0.2) is 24.4 Å². The zero-order chi connectivity index (χ0) is 12.9. The van der Waals surface area contributed by atoms with Crippen molar-refractivity contribution in [2.24, 2.45) is 0 Å². The van der Waals surface area contributed by atoms with Crippen LogP contribution in [0.3, 0.4) is 0 Å². The van der Waals surface area contributed by atoms with E-state index in [1.54, 1.807) is 0 Å². The smallest absolute Gasteiger partial charge is 0.258 e. The maximum atomic E-state index is 11.9. The van der Waals surface area contributed by atoms with E-state index in [0.717, 1.165) is 11.8 Å². The lowest BCUT2D eigenvalue weighted by molar-refractivity contribution is -0.387. The van der Waals surface area contributed by atoms with E-state index in [9.17, 15) is 18.5 Å². The van der Waals surface area contributed by atoms with Crippen molar-refractivity contribution in [1.29, 1.82) is 0 Å². The third kappa shape index (κ3) is 3.78. The monoisotopic (exact) mass is 321 g/mol. The van der Waals surface area contributed by atoms with Gasteiger partial charge in [-0.15, -0.1) is 0 Å². The fourth-order valence-electron chi connectivity index (χ4n) is 1.37. The van der Waals surface area contributed by atoms with Crippen LogP contribution in [0.5, 0.6) is 0 Å². The lowest BCUT2D eigenvalue weighted by atomic mass is 10.3. The first-order valence-electron chi connectivity index (χ1n) is 5.01. The lowest BCUT2D eigenvalue weighted by Crippen LogP contribution is -2.09. The van der Waals surface area contributed by atoms with Gasteiger partial charge >= 0.3 is 0 Å². The molecular weight excluding hydrogens is 310 g/mol. The van der Waals surface area contributed by atoms with Crippen LogP contribution in [0.25, 0.3) is 0 Å². The molecule has 0 aliphatic carbocycles. The topological polar surface area (TPSA) is 77.3 Å². The molecular formula is C10H12BrNO4S. The minimum Gasteiger partial charge on any atom is -0.258 e. The Morgan fingerprint density at radius 2 is 1.88 bits per heavy atom. The van der Waals surface area contributed by atoms with Crippen LogP contribution in [0.15, 0.2) is 29.2 Å². The first-order chi connectivity index (χ1) is 7.99. The summed E-state index contributed by atoms with van der Waals surface area (Å²) in [5, 5.41) is 11.5. The highest BCUT2D eigenvalue weighted by atomic mass is 79.9. The number of nitro benzene ring substituents is 1. The summed E-state index contributed by atoms with van der Waals surface area (Å²) in [5.41, 5.74) is -0.355. The largest absolute Gasteiger partial charge is 0.287 e. The quantitative estimate of drug-likeness (QED) is 0.349. The Kier molecular flexibility index (Phi) is 5.07. The van der Waals surface area contributed by atoms with Gasteiger partial charge in [-0.2, -0.15) is 0 Å². The molecule has 0 spiro atoms. The maximum Gasteiger partial charge on any atom is 0.287 e. The number of sulfone groups is 1. The number of para-hydroxylation sites is 1. The first-order valence-corrected chi connectivity index (χ1v) is 7.78. The summed E-state index contributed by atoms with van der Waals surface area (Å²) in [7, 11) is -3.57. The van der Waals surface area contributed by atoms with Gasteiger partial charge in [-0.05, 0) is 18.9 Å². The summed E-state index contributed by atoms with van der Waals surface area (Å²) < 4.78 is 23.8. The Morgan fingerprint density at radius 3 is 2.47 bits per heavy atom. The van der Waals surface area contributed by atoms with Gasteiger partial charge in [0.2, 0.25) is 0 Å². The Balaban J connectivity index is 3.02. The summed E-state index contributed by atoms with van der Waals surface area (Å²) in [6.45, 7) is 0. The number of hydrogen-bond donors (Lipinski definition) is 0. The summed E-state index contributed by atoms with van der Waals surface area (Å²) in [5.74, 6) is -0.0660. The van der Waals surface area contributed by atoms with E-state index in [1.165, 1.54) is 24.3 Å². The van der Waals surface area contributed by atoms with Gasteiger partial charge in [0.25, 0.3) is 5.69 Å². The van der Waals surface area contributed by atoms with Crippen LogP contribution in [0, 0.1) is 10.1 Å².